The molecular formula is C15H24N2O2S. The molecule has 0 heterocycles. The largest absolute Gasteiger partial charge is 0.307 e. The molecule has 0 aromatic heterocycles. The van der Waals surface area contributed by atoms with Crippen molar-refractivity contribution in [2.75, 3.05) is 0 Å². The standard InChI is InChI=1S/C15H24N2O2S/c1-11-3-7-14(8-4-11)17-12(2)13-5-9-15(10-6-13)20(16,18)19/h5-6,9-12,14,17H,3-4,7-8H2,1-2H3,(H2,16,18,19). The molecule has 0 aliphatic heterocycles. The zero-order chi connectivity index (χ0) is 14.8. The van der Waals surface area contributed by atoms with Crippen LogP contribution in [0.4, 0.5) is 0 Å². The molecule has 20 heavy (non-hydrogen) atoms. The van der Waals surface area contributed by atoms with E-state index in [2.05, 4.69) is 19.2 Å². The average Bonchev–Trinajstić information content (AvgIpc) is 2.40. The summed E-state index contributed by atoms with van der Waals surface area (Å²) in [5.74, 6) is 0.845. The van der Waals surface area contributed by atoms with E-state index in [-0.39, 0.29) is 10.9 Å². The first-order valence-electron chi connectivity index (χ1n) is 7.25. The van der Waals surface area contributed by atoms with Gasteiger partial charge in [-0.2, -0.15) is 0 Å². The van der Waals surface area contributed by atoms with Crippen molar-refractivity contribution in [2.24, 2.45) is 11.1 Å². The maximum absolute atomic E-state index is 11.2. The maximum Gasteiger partial charge on any atom is 0.238 e. The summed E-state index contributed by atoms with van der Waals surface area (Å²) in [6, 6.07) is 7.62. The lowest BCUT2D eigenvalue weighted by molar-refractivity contribution is 0.291. The van der Waals surface area contributed by atoms with Crippen molar-refractivity contribution in [3.05, 3.63) is 29.8 Å². The van der Waals surface area contributed by atoms with Crippen molar-refractivity contribution < 1.29 is 8.42 Å². The molecule has 1 saturated carbocycles. The van der Waals surface area contributed by atoms with Gasteiger partial charge in [-0.3, -0.25) is 0 Å². The highest BCUT2D eigenvalue weighted by atomic mass is 32.2. The number of nitrogens with two attached hydrogens (primary N) is 1. The fraction of sp³-hybridized carbons (Fsp3) is 0.600. The van der Waals surface area contributed by atoms with Gasteiger partial charge in [0.15, 0.2) is 0 Å². The number of rotatable bonds is 4. The van der Waals surface area contributed by atoms with E-state index in [0.29, 0.717) is 6.04 Å². The Labute approximate surface area is 121 Å². The van der Waals surface area contributed by atoms with E-state index in [1.807, 2.05) is 12.1 Å². The highest BCUT2D eigenvalue weighted by Gasteiger charge is 2.20. The Morgan fingerprint density at radius 2 is 1.70 bits per heavy atom. The Balaban J connectivity index is 1.97. The van der Waals surface area contributed by atoms with Crippen LogP contribution in [0.5, 0.6) is 0 Å². The fourth-order valence-corrected chi connectivity index (χ4v) is 3.34. The Morgan fingerprint density at radius 1 is 1.15 bits per heavy atom. The highest BCUT2D eigenvalue weighted by molar-refractivity contribution is 7.89. The Kier molecular flexibility index (Phi) is 4.83. The van der Waals surface area contributed by atoms with Gasteiger partial charge in [-0.1, -0.05) is 19.1 Å². The Morgan fingerprint density at radius 3 is 2.20 bits per heavy atom. The summed E-state index contributed by atoms with van der Waals surface area (Å²) in [6.07, 6.45) is 5.02. The van der Waals surface area contributed by atoms with Crippen LogP contribution in [0.3, 0.4) is 0 Å². The van der Waals surface area contributed by atoms with Gasteiger partial charge in [-0.05, 0) is 56.2 Å². The van der Waals surface area contributed by atoms with Crippen LogP contribution in [0.2, 0.25) is 0 Å². The average molecular weight is 296 g/mol. The first-order chi connectivity index (χ1) is 9.36. The molecule has 3 N–H and O–H groups in total. The summed E-state index contributed by atoms with van der Waals surface area (Å²) in [7, 11) is -3.60. The molecule has 1 aromatic rings. The van der Waals surface area contributed by atoms with Crippen LogP contribution in [-0.2, 0) is 10.0 Å². The van der Waals surface area contributed by atoms with E-state index >= 15 is 0 Å². The number of primary sulfonamides is 1. The Bertz CT molecular complexity index is 531. The van der Waals surface area contributed by atoms with Crippen LogP contribution in [0.25, 0.3) is 0 Å². The van der Waals surface area contributed by atoms with Crippen LogP contribution in [0.15, 0.2) is 29.2 Å². The molecule has 112 valence electrons. The van der Waals surface area contributed by atoms with Gasteiger partial charge in [-0.25, -0.2) is 13.6 Å². The minimum Gasteiger partial charge on any atom is -0.307 e. The van der Waals surface area contributed by atoms with Crippen LogP contribution < -0.4 is 10.5 Å². The number of nitrogens with one attached hydrogen (secondary N) is 1. The van der Waals surface area contributed by atoms with E-state index in [4.69, 9.17) is 5.14 Å². The molecule has 0 radical (unpaired) electrons. The molecule has 2 rings (SSSR count). The van der Waals surface area contributed by atoms with Gasteiger partial charge in [0, 0.05) is 12.1 Å². The van der Waals surface area contributed by atoms with Crippen molar-refractivity contribution in [2.45, 2.75) is 56.5 Å². The van der Waals surface area contributed by atoms with Gasteiger partial charge in [0.2, 0.25) is 10.0 Å². The number of hydrogen-bond donors (Lipinski definition) is 2. The summed E-state index contributed by atoms with van der Waals surface area (Å²) in [4.78, 5) is 0.167. The van der Waals surface area contributed by atoms with Crippen molar-refractivity contribution in [3.8, 4) is 0 Å². The van der Waals surface area contributed by atoms with Gasteiger partial charge >= 0.3 is 0 Å². The van der Waals surface area contributed by atoms with E-state index in [9.17, 15) is 8.42 Å². The van der Waals surface area contributed by atoms with E-state index in [1.165, 1.54) is 25.7 Å². The molecule has 4 nitrogen and oxygen atoms in total. The molecule has 1 aromatic carbocycles. The third-order valence-electron chi connectivity index (χ3n) is 4.21. The zero-order valence-electron chi connectivity index (χ0n) is 12.2. The van der Waals surface area contributed by atoms with Crippen LogP contribution >= 0.6 is 0 Å². The lowest BCUT2D eigenvalue weighted by Gasteiger charge is -2.29. The quantitative estimate of drug-likeness (QED) is 0.897. The van der Waals surface area contributed by atoms with E-state index in [1.54, 1.807) is 12.1 Å². The summed E-state index contributed by atoms with van der Waals surface area (Å²) in [6.45, 7) is 4.43. The third kappa shape index (κ3) is 4.04. The lowest BCUT2D eigenvalue weighted by atomic mass is 9.87. The molecule has 0 saturated heterocycles. The van der Waals surface area contributed by atoms with Crippen molar-refractivity contribution >= 4 is 10.0 Å². The van der Waals surface area contributed by atoms with Crippen LogP contribution in [0.1, 0.15) is 51.1 Å². The van der Waals surface area contributed by atoms with Gasteiger partial charge in [0.05, 0.1) is 4.90 Å². The molecule has 0 spiro atoms. The smallest absolute Gasteiger partial charge is 0.238 e. The third-order valence-corrected chi connectivity index (χ3v) is 5.14. The normalized spacial score (nSPS) is 25.4. The van der Waals surface area contributed by atoms with Crippen molar-refractivity contribution in [3.63, 3.8) is 0 Å². The minimum atomic E-state index is -3.60. The van der Waals surface area contributed by atoms with Gasteiger partial charge < -0.3 is 5.32 Å². The number of benzene rings is 1. The molecule has 0 amide bonds. The topological polar surface area (TPSA) is 72.2 Å². The molecule has 0 bridgehead atoms. The Hall–Kier alpha value is -0.910. The van der Waals surface area contributed by atoms with Crippen molar-refractivity contribution in [1.82, 2.24) is 5.32 Å². The van der Waals surface area contributed by atoms with Gasteiger partial charge in [-0.15, -0.1) is 0 Å². The maximum atomic E-state index is 11.2. The SMILES string of the molecule is CC1CCC(NC(C)c2ccc(S(N)(=O)=O)cc2)CC1. The molecule has 1 fully saturated rings. The van der Waals surface area contributed by atoms with Crippen molar-refractivity contribution in [1.29, 1.82) is 0 Å². The predicted octanol–water partition coefficient (Wildman–Crippen LogP) is 2.56. The summed E-state index contributed by atoms with van der Waals surface area (Å²) in [5, 5.41) is 8.74. The zero-order valence-corrected chi connectivity index (χ0v) is 13.0. The monoisotopic (exact) mass is 296 g/mol. The van der Waals surface area contributed by atoms with Gasteiger partial charge in [0.25, 0.3) is 0 Å². The van der Waals surface area contributed by atoms with E-state index < -0.39 is 10.0 Å². The predicted molar refractivity (Wildman–Crippen MR) is 80.8 cm³/mol. The molecular weight excluding hydrogens is 272 g/mol. The molecule has 1 aliphatic carbocycles. The first-order valence-corrected chi connectivity index (χ1v) is 8.79. The molecule has 1 atom stereocenters. The second-order valence-electron chi connectivity index (χ2n) is 5.96. The highest BCUT2D eigenvalue weighted by Crippen LogP contribution is 2.25. The molecule has 1 aliphatic rings. The van der Waals surface area contributed by atoms with E-state index in [0.717, 1.165) is 11.5 Å². The molecule has 1 unspecified atom stereocenters. The lowest BCUT2D eigenvalue weighted by Crippen LogP contribution is -2.34. The van der Waals surface area contributed by atoms with Crippen LogP contribution in [0, 0.1) is 5.92 Å². The second-order valence-corrected chi connectivity index (χ2v) is 7.52. The summed E-state index contributed by atoms with van der Waals surface area (Å²) in [5.41, 5.74) is 1.09. The minimum absolute atomic E-state index is 0.167. The fourth-order valence-electron chi connectivity index (χ4n) is 2.82. The number of hydrogen-bond acceptors (Lipinski definition) is 3. The van der Waals surface area contributed by atoms with Gasteiger partial charge in [0.1, 0.15) is 0 Å². The summed E-state index contributed by atoms with van der Waals surface area (Å²) < 4.78 is 22.4. The van der Waals surface area contributed by atoms with Crippen LogP contribution in [-0.4, -0.2) is 14.5 Å². The molecule has 5 heteroatoms. The summed E-state index contributed by atoms with van der Waals surface area (Å²) >= 11 is 0. The number of sulfonamides is 1. The first kappa shape index (κ1) is 15.5. The second kappa shape index (κ2) is 6.24.